The van der Waals surface area contributed by atoms with Gasteiger partial charge in [0.1, 0.15) is 5.82 Å². The summed E-state index contributed by atoms with van der Waals surface area (Å²) < 4.78 is 2.19. The predicted molar refractivity (Wildman–Crippen MR) is 67.7 cm³/mol. The first kappa shape index (κ1) is 10.7. The van der Waals surface area contributed by atoms with E-state index in [0.717, 1.165) is 23.4 Å². The van der Waals surface area contributed by atoms with Crippen LogP contribution < -0.4 is 5.73 Å². The maximum atomic E-state index is 5.70. The molecule has 90 valence electrons. The fourth-order valence-electron chi connectivity index (χ4n) is 2.66. The lowest BCUT2D eigenvalue weighted by Gasteiger charge is -2.18. The molecular weight excluding hydrogens is 212 g/mol. The quantitative estimate of drug-likeness (QED) is 0.851. The van der Waals surface area contributed by atoms with Gasteiger partial charge in [-0.3, -0.25) is 4.90 Å². The first-order valence-corrected chi connectivity index (χ1v) is 6.16. The number of imidazole rings is 1. The number of hydrogen-bond acceptors (Lipinski definition) is 3. The van der Waals surface area contributed by atoms with Gasteiger partial charge in [0.05, 0.1) is 17.8 Å². The maximum Gasteiger partial charge on any atom is 0.130 e. The van der Waals surface area contributed by atoms with Gasteiger partial charge in [-0.25, -0.2) is 4.98 Å². The Morgan fingerprint density at radius 3 is 3.06 bits per heavy atom. The second kappa shape index (κ2) is 4.13. The molecule has 3 heterocycles. The minimum Gasteiger partial charge on any atom is -0.326 e. The highest BCUT2D eigenvalue weighted by atomic mass is 15.2. The zero-order chi connectivity index (χ0) is 11.8. The van der Waals surface area contributed by atoms with Crippen LogP contribution in [0.1, 0.15) is 30.3 Å². The summed E-state index contributed by atoms with van der Waals surface area (Å²) in [5, 5.41) is 0. The number of pyridine rings is 1. The molecule has 1 unspecified atom stereocenters. The lowest BCUT2D eigenvalue weighted by molar-refractivity contribution is 0.305. The van der Waals surface area contributed by atoms with Crippen molar-refractivity contribution in [2.45, 2.75) is 25.4 Å². The van der Waals surface area contributed by atoms with Crippen LogP contribution in [0.3, 0.4) is 0 Å². The van der Waals surface area contributed by atoms with Crippen molar-refractivity contribution in [2.24, 2.45) is 5.73 Å². The second-order valence-corrected chi connectivity index (χ2v) is 4.79. The summed E-state index contributed by atoms with van der Waals surface area (Å²) in [6.45, 7) is 1.74. The molecule has 1 saturated heterocycles. The molecule has 0 amide bonds. The van der Waals surface area contributed by atoms with E-state index in [1.54, 1.807) is 0 Å². The second-order valence-electron chi connectivity index (χ2n) is 4.79. The smallest absolute Gasteiger partial charge is 0.130 e. The van der Waals surface area contributed by atoms with Gasteiger partial charge in [0.15, 0.2) is 0 Å². The van der Waals surface area contributed by atoms with Gasteiger partial charge in [-0.05, 0) is 38.1 Å². The van der Waals surface area contributed by atoms with E-state index in [2.05, 4.69) is 39.7 Å². The van der Waals surface area contributed by atoms with Crippen molar-refractivity contribution in [1.82, 2.24) is 14.3 Å². The summed E-state index contributed by atoms with van der Waals surface area (Å²) in [5.41, 5.74) is 8.00. The van der Waals surface area contributed by atoms with Crippen molar-refractivity contribution >= 4 is 5.52 Å². The van der Waals surface area contributed by atoms with Crippen LogP contribution in [0.5, 0.6) is 0 Å². The first-order valence-electron chi connectivity index (χ1n) is 6.16. The van der Waals surface area contributed by atoms with Crippen molar-refractivity contribution in [3.05, 3.63) is 35.9 Å². The lowest BCUT2D eigenvalue weighted by atomic mass is 10.2. The van der Waals surface area contributed by atoms with Crippen molar-refractivity contribution in [1.29, 1.82) is 0 Å². The molecule has 2 aromatic rings. The Morgan fingerprint density at radius 2 is 2.35 bits per heavy atom. The van der Waals surface area contributed by atoms with Crippen LogP contribution in [0.15, 0.2) is 24.5 Å². The number of fused-ring (bicyclic) bond motifs is 1. The summed E-state index contributed by atoms with van der Waals surface area (Å²) in [6.07, 6.45) is 6.51. The molecule has 1 aliphatic rings. The Kier molecular flexibility index (Phi) is 2.61. The molecule has 0 radical (unpaired) electrons. The normalized spacial score (nSPS) is 21.4. The zero-order valence-electron chi connectivity index (χ0n) is 10.1. The van der Waals surface area contributed by atoms with Crippen molar-refractivity contribution in [2.75, 3.05) is 13.6 Å². The molecule has 17 heavy (non-hydrogen) atoms. The fraction of sp³-hybridized carbons (Fsp3) is 0.462. The summed E-state index contributed by atoms with van der Waals surface area (Å²) >= 11 is 0. The number of rotatable bonds is 2. The Balaban J connectivity index is 2.09. The minimum atomic E-state index is 0.450. The van der Waals surface area contributed by atoms with E-state index >= 15 is 0 Å². The molecule has 0 aromatic carbocycles. The Labute approximate surface area is 101 Å². The highest BCUT2D eigenvalue weighted by Gasteiger charge is 2.26. The SMILES string of the molecule is CN1CCCC1c1ncc2ccc(CN)cn12. The molecule has 0 spiro atoms. The number of nitrogens with zero attached hydrogens (tertiary/aromatic N) is 3. The summed E-state index contributed by atoms with van der Waals surface area (Å²) in [5.74, 6) is 1.15. The van der Waals surface area contributed by atoms with Gasteiger partial charge in [0.2, 0.25) is 0 Å². The maximum absolute atomic E-state index is 5.70. The van der Waals surface area contributed by atoms with Crippen molar-refractivity contribution in [3.8, 4) is 0 Å². The molecule has 1 aliphatic heterocycles. The van der Waals surface area contributed by atoms with Gasteiger partial charge in [-0.15, -0.1) is 0 Å². The molecule has 1 atom stereocenters. The highest BCUT2D eigenvalue weighted by Crippen LogP contribution is 2.29. The van der Waals surface area contributed by atoms with Crippen LogP contribution in [-0.4, -0.2) is 27.9 Å². The minimum absolute atomic E-state index is 0.450. The fourth-order valence-corrected chi connectivity index (χ4v) is 2.66. The van der Waals surface area contributed by atoms with Gasteiger partial charge in [0, 0.05) is 12.7 Å². The summed E-state index contributed by atoms with van der Waals surface area (Å²) in [7, 11) is 2.17. The lowest BCUT2D eigenvalue weighted by Crippen LogP contribution is -2.19. The van der Waals surface area contributed by atoms with E-state index in [9.17, 15) is 0 Å². The number of aromatic nitrogens is 2. The predicted octanol–water partition coefficient (Wildman–Crippen LogP) is 1.56. The third kappa shape index (κ3) is 1.73. The van der Waals surface area contributed by atoms with E-state index in [-0.39, 0.29) is 0 Å². The molecule has 4 nitrogen and oxygen atoms in total. The monoisotopic (exact) mass is 230 g/mol. The first-order chi connectivity index (χ1) is 8.29. The highest BCUT2D eigenvalue weighted by molar-refractivity contribution is 5.47. The number of likely N-dealkylation sites (tertiary alicyclic amines) is 1. The number of nitrogens with two attached hydrogens (primary N) is 1. The van der Waals surface area contributed by atoms with Crippen molar-refractivity contribution < 1.29 is 0 Å². The average molecular weight is 230 g/mol. The topological polar surface area (TPSA) is 46.6 Å². The number of hydrogen-bond donors (Lipinski definition) is 1. The van der Waals surface area contributed by atoms with Gasteiger partial charge in [-0.1, -0.05) is 6.07 Å². The molecular formula is C13H18N4. The van der Waals surface area contributed by atoms with E-state index in [0.29, 0.717) is 12.6 Å². The zero-order valence-corrected chi connectivity index (χ0v) is 10.1. The Morgan fingerprint density at radius 1 is 1.47 bits per heavy atom. The third-order valence-corrected chi connectivity index (χ3v) is 3.67. The molecule has 4 heteroatoms. The average Bonchev–Trinajstić information content (AvgIpc) is 2.94. The molecule has 0 bridgehead atoms. The van der Waals surface area contributed by atoms with Gasteiger partial charge in [-0.2, -0.15) is 0 Å². The van der Waals surface area contributed by atoms with Gasteiger partial charge < -0.3 is 10.1 Å². The van der Waals surface area contributed by atoms with Gasteiger partial charge in [0.25, 0.3) is 0 Å². The van der Waals surface area contributed by atoms with Crippen LogP contribution in [0, 0.1) is 0 Å². The van der Waals surface area contributed by atoms with Crippen LogP contribution in [-0.2, 0) is 6.54 Å². The van der Waals surface area contributed by atoms with Crippen LogP contribution in [0.4, 0.5) is 0 Å². The molecule has 3 rings (SSSR count). The van der Waals surface area contributed by atoms with E-state index < -0.39 is 0 Å². The molecule has 0 aliphatic carbocycles. The van der Waals surface area contributed by atoms with E-state index in [4.69, 9.17) is 5.73 Å². The molecule has 2 aromatic heterocycles. The van der Waals surface area contributed by atoms with Gasteiger partial charge >= 0.3 is 0 Å². The largest absolute Gasteiger partial charge is 0.326 e. The van der Waals surface area contributed by atoms with E-state index in [1.807, 2.05) is 6.20 Å². The van der Waals surface area contributed by atoms with Crippen LogP contribution in [0.2, 0.25) is 0 Å². The standard InChI is InChI=1S/C13H18N4/c1-16-6-2-3-12(16)13-15-8-11-5-4-10(7-14)9-17(11)13/h4-5,8-9,12H,2-3,6-7,14H2,1H3. The molecule has 0 saturated carbocycles. The van der Waals surface area contributed by atoms with Crippen molar-refractivity contribution in [3.63, 3.8) is 0 Å². The van der Waals surface area contributed by atoms with Crippen LogP contribution in [0.25, 0.3) is 5.52 Å². The molecule has 1 fully saturated rings. The Hall–Kier alpha value is -1.39. The summed E-state index contributed by atoms with van der Waals surface area (Å²) in [4.78, 5) is 6.96. The molecule has 2 N–H and O–H groups in total. The summed E-state index contributed by atoms with van der Waals surface area (Å²) in [6, 6.07) is 4.61. The Bertz CT molecular complexity index is 531. The van der Waals surface area contributed by atoms with E-state index in [1.165, 1.54) is 12.8 Å². The van der Waals surface area contributed by atoms with Crippen LogP contribution >= 0.6 is 0 Å². The third-order valence-electron chi connectivity index (χ3n) is 3.67.